The second kappa shape index (κ2) is 11.2. The van der Waals surface area contributed by atoms with Gasteiger partial charge in [-0.25, -0.2) is 0 Å². The molecule has 3 rings (SSSR count). The van der Waals surface area contributed by atoms with Crippen LogP contribution in [0.4, 0.5) is 8.78 Å². The minimum Gasteiger partial charge on any atom is -0.457 e. The zero-order chi connectivity index (χ0) is 23.1. The Bertz CT molecular complexity index is 1030. The molecular formula is C26H26BrClF2O2. The minimum absolute atomic E-state index is 0.0492. The molecule has 0 saturated carbocycles. The fourth-order valence-corrected chi connectivity index (χ4v) is 4.49. The van der Waals surface area contributed by atoms with E-state index in [9.17, 15) is 8.78 Å². The Morgan fingerprint density at radius 3 is 2.38 bits per heavy atom. The number of rotatable bonds is 10. The molecule has 0 aromatic heterocycles. The van der Waals surface area contributed by atoms with Gasteiger partial charge in [0.25, 0.3) is 0 Å². The standard InChI is InChI=1S/C26H26BrClF2O2/c1-3-15-26(2,21-12-13-22(27)23(28)24(21)32-25(29)30)16-14-18-8-7-11-20(17-18)31-19-9-5-4-6-10-19/h4-13,17,25H,3,14-16H2,1-2H3. The first-order valence-corrected chi connectivity index (χ1v) is 11.7. The van der Waals surface area contributed by atoms with E-state index in [0.717, 1.165) is 42.7 Å². The third-order valence-electron chi connectivity index (χ3n) is 5.55. The van der Waals surface area contributed by atoms with Crippen LogP contribution in [0.1, 0.15) is 44.2 Å². The van der Waals surface area contributed by atoms with Gasteiger partial charge < -0.3 is 9.47 Å². The number of benzene rings is 3. The summed E-state index contributed by atoms with van der Waals surface area (Å²) in [6.45, 7) is 1.22. The lowest BCUT2D eigenvalue weighted by Crippen LogP contribution is -2.24. The maximum atomic E-state index is 13.2. The van der Waals surface area contributed by atoms with Crippen LogP contribution in [0, 0.1) is 0 Å². The van der Waals surface area contributed by atoms with Crippen molar-refractivity contribution in [3.63, 3.8) is 0 Å². The van der Waals surface area contributed by atoms with E-state index in [1.165, 1.54) is 0 Å². The molecule has 3 aromatic carbocycles. The number of ether oxygens (including phenoxy) is 2. The van der Waals surface area contributed by atoms with Gasteiger partial charge in [0.1, 0.15) is 17.2 Å². The Morgan fingerprint density at radius 1 is 0.969 bits per heavy atom. The van der Waals surface area contributed by atoms with Gasteiger partial charge in [-0.15, -0.1) is 0 Å². The van der Waals surface area contributed by atoms with Gasteiger partial charge in [0.05, 0.1) is 5.02 Å². The van der Waals surface area contributed by atoms with Crippen molar-refractivity contribution < 1.29 is 18.3 Å². The SMILES string of the molecule is CCCC(C)(CCc1cccc(Oc2ccccc2)c1)c1ccc(Br)c(Cl)c1OC(F)F. The fraction of sp³-hybridized carbons (Fsp3) is 0.308. The maximum absolute atomic E-state index is 13.2. The summed E-state index contributed by atoms with van der Waals surface area (Å²) in [4.78, 5) is 0. The molecule has 6 heteroatoms. The average molecular weight is 524 g/mol. The van der Waals surface area contributed by atoms with Crippen molar-refractivity contribution in [2.24, 2.45) is 0 Å². The number of aryl methyl sites for hydroxylation is 1. The molecule has 0 radical (unpaired) electrons. The predicted octanol–water partition coefficient (Wildman–Crippen LogP) is 9.19. The second-order valence-corrected chi connectivity index (χ2v) is 9.22. The van der Waals surface area contributed by atoms with E-state index in [-0.39, 0.29) is 16.2 Å². The lowest BCUT2D eigenvalue weighted by molar-refractivity contribution is -0.0510. The first-order valence-electron chi connectivity index (χ1n) is 10.6. The first kappa shape index (κ1) is 24.5. The molecule has 170 valence electrons. The van der Waals surface area contributed by atoms with Crippen molar-refractivity contribution >= 4 is 27.5 Å². The number of halogens is 4. The highest BCUT2D eigenvalue weighted by atomic mass is 79.9. The summed E-state index contributed by atoms with van der Waals surface area (Å²) in [6.07, 6.45) is 3.21. The Kier molecular flexibility index (Phi) is 8.55. The molecule has 2 nitrogen and oxygen atoms in total. The smallest absolute Gasteiger partial charge is 0.387 e. The van der Waals surface area contributed by atoms with Crippen molar-refractivity contribution in [2.75, 3.05) is 0 Å². The van der Waals surface area contributed by atoms with Gasteiger partial charge in [-0.2, -0.15) is 8.78 Å². The Labute approximate surface area is 201 Å². The van der Waals surface area contributed by atoms with Crippen molar-refractivity contribution in [1.82, 2.24) is 0 Å². The van der Waals surface area contributed by atoms with E-state index >= 15 is 0 Å². The highest BCUT2D eigenvalue weighted by molar-refractivity contribution is 9.10. The van der Waals surface area contributed by atoms with E-state index < -0.39 is 6.61 Å². The van der Waals surface area contributed by atoms with Gasteiger partial charge in [0.2, 0.25) is 0 Å². The molecule has 3 aromatic rings. The number of alkyl halides is 2. The zero-order valence-corrected chi connectivity index (χ0v) is 20.4. The molecule has 1 atom stereocenters. The predicted molar refractivity (Wildman–Crippen MR) is 129 cm³/mol. The van der Waals surface area contributed by atoms with E-state index in [1.54, 1.807) is 6.07 Å². The summed E-state index contributed by atoms with van der Waals surface area (Å²) in [5, 5.41) is 0.170. The van der Waals surface area contributed by atoms with Crippen LogP contribution in [0.5, 0.6) is 17.2 Å². The number of para-hydroxylation sites is 1. The molecule has 0 aliphatic heterocycles. The van der Waals surface area contributed by atoms with Crippen LogP contribution in [-0.2, 0) is 11.8 Å². The molecule has 0 N–H and O–H groups in total. The van der Waals surface area contributed by atoms with Gasteiger partial charge in [0, 0.05) is 10.0 Å². The Hall–Kier alpha value is -2.11. The van der Waals surface area contributed by atoms with Crippen LogP contribution in [-0.4, -0.2) is 6.61 Å². The Morgan fingerprint density at radius 2 is 1.69 bits per heavy atom. The van der Waals surface area contributed by atoms with Crippen LogP contribution in [0.25, 0.3) is 0 Å². The van der Waals surface area contributed by atoms with E-state index in [0.29, 0.717) is 10.0 Å². The number of hydrogen-bond acceptors (Lipinski definition) is 2. The van der Waals surface area contributed by atoms with Crippen LogP contribution < -0.4 is 9.47 Å². The largest absolute Gasteiger partial charge is 0.457 e. The molecular weight excluding hydrogens is 498 g/mol. The Balaban J connectivity index is 1.84. The third kappa shape index (κ3) is 6.23. The summed E-state index contributed by atoms with van der Waals surface area (Å²) in [6, 6.07) is 21.2. The topological polar surface area (TPSA) is 18.5 Å². The normalized spacial score (nSPS) is 13.1. The van der Waals surface area contributed by atoms with E-state index in [4.69, 9.17) is 21.1 Å². The van der Waals surface area contributed by atoms with Crippen molar-refractivity contribution in [2.45, 2.75) is 51.6 Å². The summed E-state index contributed by atoms with van der Waals surface area (Å²) in [7, 11) is 0. The van der Waals surface area contributed by atoms with Gasteiger partial charge in [-0.3, -0.25) is 0 Å². The summed E-state index contributed by atoms with van der Waals surface area (Å²) in [5.41, 5.74) is 1.42. The maximum Gasteiger partial charge on any atom is 0.387 e. The van der Waals surface area contributed by atoms with E-state index in [2.05, 4.69) is 35.8 Å². The van der Waals surface area contributed by atoms with E-state index in [1.807, 2.05) is 54.6 Å². The third-order valence-corrected chi connectivity index (χ3v) is 6.82. The van der Waals surface area contributed by atoms with Gasteiger partial charge in [-0.05, 0) is 76.5 Å². The molecule has 32 heavy (non-hydrogen) atoms. The quantitative estimate of drug-likeness (QED) is 0.264. The molecule has 0 heterocycles. The molecule has 0 saturated heterocycles. The summed E-state index contributed by atoms with van der Waals surface area (Å²) in [5.74, 6) is 1.59. The van der Waals surface area contributed by atoms with Gasteiger partial charge in [-0.1, -0.05) is 68.3 Å². The lowest BCUT2D eigenvalue weighted by Gasteiger charge is -2.32. The van der Waals surface area contributed by atoms with Crippen molar-refractivity contribution in [3.8, 4) is 17.2 Å². The van der Waals surface area contributed by atoms with Crippen molar-refractivity contribution in [3.05, 3.63) is 87.4 Å². The second-order valence-electron chi connectivity index (χ2n) is 7.99. The van der Waals surface area contributed by atoms with Crippen molar-refractivity contribution in [1.29, 1.82) is 0 Å². The molecule has 1 unspecified atom stereocenters. The summed E-state index contributed by atoms with van der Waals surface area (Å²) < 4.78 is 37.7. The summed E-state index contributed by atoms with van der Waals surface area (Å²) >= 11 is 9.66. The zero-order valence-electron chi connectivity index (χ0n) is 18.1. The molecule has 0 bridgehead atoms. The molecule has 0 aliphatic rings. The average Bonchev–Trinajstić information content (AvgIpc) is 2.76. The molecule has 0 amide bonds. The monoisotopic (exact) mass is 522 g/mol. The molecule has 0 spiro atoms. The highest BCUT2D eigenvalue weighted by Crippen LogP contribution is 2.45. The van der Waals surface area contributed by atoms with Crippen LogP contribution in [0.15, 0.2) is 71.2 Å². The lowest BCUT2D eigenvalue weighted by atomic mass is 9.74. The van der Waals surface area contributed by atoms with Crippen LogP contribution in [0.3, 0.4) is 0 Å². The molecule has 0 fully saturated rings. The highest BCUT2D eigenvalue weighted by Gasteiger charge is 2.31. The first-order chi connectivity index (χ1) is 15.3. The fourth-order valence-electron chi connectivity index (χ4n) is 3.97. The minimum atomic E-state index is -2.95. The van der Waals surface area contributed by atoms with Gasteiger partial charge >= 0.3 is 6.61 Å². The number of hydrogen-bond donors (Lipinski definition) is 0. The molecule has 0 aliphatic carbocycles. The van der Waals surface area contributed by atoms with Crippen LogP contribution >= 0.6 is 27.5 Å². The van der Waals surface area contributed by atoms with Crippen LogP contribution in [0.2, 0.25) is 5.02 Å². The van der Waals surface area contributed by atoms with Gasteiger partial charge in [0.15, 0.2) is 0 Å².